The molecule has 3 N–H and O–H groups in total. The van der Waals surface area contributed by atoms with Crippen molar-refractivity contribution in [2.24, 2.45) is 12.0 Å². The van der Waals surface area contributed by atoms with E-state index in [9.17, 15) is 13.2 Å². The normalized spacial score (nSPS) is 11.7. The molecule has 0 aromatic carbocycles. The molecule has 8 nitrogen and oxygen atoms in total. The van der Waals surface area contributed by atoms with Gasteiger partial charge in [0.05, 0.1) is 5.56 Å². The second-order valence-electron chi connectivity index (χ2n) is 5.63. The van der Waals surface area contributed by atoms with Crippen LogP contribution in [-0.2, 0) is 19.8 Å². The molecule has 0 amide bonds. The number of aryl methyl sites for hydroxylation is 1. The van der Waals surface area contributed by atoms with Gasteiger partial charge in [0.1, 0.15) is 24.5 Å². The molecule has 2 rings (SSSR count). The summed E-state index contributed by atoms with van der Waals surface area (Å²) < 4.78 is 39.1. The van der Waals surface area contributed by atoms with Gasteiger partial charge in [0, 0.05) is 32.9 Å². The van der Waals surface area contributed by atoms with Crippen LogP contribution in [0.1, 0.15) is 24.7 Å². The second-order valence-corrected chi connectivity index (χ2v) is 5.63. The lowest BCUT2D eigenvalue weighted by Gasteiger charge is -2.12. The van der Waals surface area contributed by atoms with Crippen molar-refractivity contribution in [3.05, 3.63) is 36.0 Å². The van der Waals surface area contributed by atoms with Gasteiger partial charge in [-0.1, -0.05) is 0 Å². The second kappa shape index (κ2) is 11.7. The molecule has 0 bridgehead atoms. The van der Waals surface area contributed by atoms with E-state index in [0.29, 0.717) is 31.4 Å². The van der Waals surface area contributed by atoms with Crippen molar-refractivity contribution in [2.45, 2.75) is 26.1 Å². The van der Waals surface area contributed by atoms with Crippen molar-refractivity contribution in [3.8, 4) is 0 Å². The molecule has 0 fully saturated rings. The minimum Gasteiger partial charge on any atom is -0.370 e. The van der Waals surface area contributed by atoms with Crippen LogP contribution < -0.4 is 16.0 Å². The van der Waals surface area contributed by atoms with E-state index in [-0.39, 0.29) is 24.0 Å². The zero-order chi connectivity index (χ0) is 19.7. The van der Waals surface area contributed by atoms with E-state index >= 15 is 0 Å². The molecule has 2 aromatic rings. The smallest absolute Gasteiger partial charge is 0.370 e. The molecule has 0 radical (unpaired) electrons. The standard InChI is InChI=1S/C16H23F3N8.HI/c1-3-20-15(24-10-14-25-11-26-27(14)2)22-8-4-7-21-13-6-5-12(9-23-13)16(17,18)19;/h5-6,9,11H,3-4,7-8,10H2,1-2H3,(H,21,23)(H2,20,22,24);1H. The van der Waals surface area contributed by atoms with Crippen molar-refractivity contribution < 1.29 is 13.2 Å². The lowest BCUT2D eigenvalue weighted by Crippen LogP contribution is -2.38. The number of halogens is 4. The first-order chi connectivity index (χ1) is 12.9. The molecule has 0 saturated carbocycles. The Morgan fingerprint density at radius 2 is 1.96 bits per heavy atom. The van der Waals surface area contributed by atoms with Crippen molar-refractivity contribution in [3.63, 3.8) is 0 Å². The van der Waals surface area contributed by atoms with Gasteiger partial charge in [0.15, 0.2) is 5.96 Å². The van der Waals surface area contributed by atoms with Gasteiger partial charge in [0.2, 0.25) is 0 Å². The predicted octanol–water partition coefficient (Wildman–Crippen LogP) is 2.40. The number of rotatable bonds is 8. The molecular formula is C16H24F3IN8. The minimum atomic E-state index is -4.37. The highest BCUT2D eigenvalue weighted by atomic mass is 127. The molecule has 0 saturated heterocycles. The van der Waals surface area contributed by atoms with Crippen LogP contribution in [0.3, 0.4) is 0 Å². The number of guanidine groups is 1. The molecule has 2 aromatic heterocycles. The molecule has 0 spiro atoms. The van der Waals surface area contributed by atoms with Crippen LogP contribution in [0, 0.1) is 0 Å². The van der Waals surface area contributed by atoms with E-state index < -0.39 is 11.7 Å². The van der Waals surface area contributed by atoms with Gasteiger partial charge in [-0.2, -0.15) is 18.3 Å². The average Bonchev–Trinajstić information content (AvgIpc) is 3.04. The summed E-state index contributed by atoms with van der Waals surface area (Å²) in [6, 6.07) is 2.33. The number of hydrogen-bond donors (Lipinski definition) is 3. The molecule has 2 heterocycles. The van der Waals surface area contributed by atoms with Crippen molar-refractivity contribution >= 4 is 35.8 Å². The van der Waals surface area contributed by atoms with Crippen LogP contribution in [0.4, 0.5) is 19.0 Å². The van der Waals surface area contributed by atoms with Crippen LogP contribution in [0.25, 0.3) is 0 Å². The Balaban J connectivity index is 0.00000392. The molecule has 156 valence electrons. The van der Waals surface area contributed by atoms with Crippen molar-refractivity contribution in [2.75, 3.05) is 25.0 Å². The number of nitrogens with zero attached hydrogens (tertiary/aromatic N) is 5. The number of anilines is 1. The summed E-state index contributed by atoms with van der Waals surface area (Å²) in [5.74, 6) is 1.82. The summed E-state index contributed by atoms with van der Waals surface area (Å²) >= 11 is 0. The summed E-state index contributed by atoms with van der Waals surface area (Å²) in [5, 5.41) is 13.3. The van der Waals surface area contributed by atoms with E-state index in [1.807, 2.05) is 6.92 Å². The van der Waals surface area contributed by atoms with E-state index in [1.54, 1.807) is 11.7 Å². The van der Waals surface area contributed by atoms with Crippen LogP contribution in [0.15, 0.2) is 29.6 Å². The number of aliphatic imine (C=N–C) groups is 1. The lowest BCUT2D eigenvalue weighted by molar-refractivity contribution is -0.137. The summed E-state index contributed by atoms with van der Waals surface area (Å²) in [6.45, 7) is 4.29. The monoisotopic (exact) mass is 512 g/mol. The fourth-order valence-electron chi connectivity index (χ4n) is 2.13. The number of pyridine rings is 1. The Morgan fingerprint density at radius 3 is 2.54 bits per heavy atom. The zero-order valence-electron chi connectivity index (χ0n) is 15.6. The topological polar surface area (TPSA) is 92.0 Å². The fourth-order valence-corrected chi connectivity index (χ4v) is 2.13. The third kappa shape index (κ3) is 7.86. The Hall–Kier alpha value is -2.12. The largest absolute Gasteiger partial charge is 0.417 e. The number of nitrogens with one attached hydrogen (secondary N) is 3. The lowest BCUT2D eigenvalue weighted by atomic mass is 10.3. The molecule has 0 aliphatic heterocycles. The van der Waals surface area contributed by atoms with Gasteiger partial charge < -0.3 is 16.0 Å². The Morgan fingerprint density at radius 1 is 1.18 bits per heavy atom. The summed E-state index contributed by atoms with van der Waals surface area (Å²) in [4.78, 5) is 12.3. The van der Waals surface area contributed by atoms with Gasteiger partial charge in [-0.15, -0.1) is 24.0 Å². The Labute approximate surface area is 178 Å². The van der Waals surface area contributed by atoms with E-state index in [4.69, 9.17) is 0 Å². The molecule has 0 unspecified atom stereocenters. The van der Waals surface area contributed by atoms with Crippen molar-refractivity contribution in [1.29, 1.82) is 0 Å². The summed E-state index contributed by atoms with van der Waals surface area (Å²) in [5.41, 5.74) is -0.760. The van der Waals surface area contributed by atoms with Crippen LogP contribution >= 0.6 is 24.0 Å². The van der Waals surface area contributed by atoms with Gasteiger partial charge in [-0.25, -0.2) is 15.0 Å². The third-order valence-electron chi connectivity index (χ3n) is 3.57. The fraction of sp³-hybridized carbons (Fsp3) is 0.500. The average molecular weight is 512 g/mol. The van der Waals surface area contributed by atoms with Gasteiger partial charge in [-0.05, 0) is 25.5 Å². The molecule has 0 aliphatic rings. The van der Waals surface area contributed by atoms with Gasteiger partial charge >= 0.3 is 6.18 Å². The maximum Gasteiger partial charge on any atom is 0.417 e. The van der Waals surface area contributed by atoms with Crippen molar-refractivity contribution in [1.82, 2.24) is 30.4 Å². The number of hydrogen-bond acceptors (Lipinski definition) is 5. The quantitative estimate of drug-likeness (QED) is 0.218. The first-order valence-electron chi connectivity index (χ1n) is 8.52. The number of aromatic nitrogens is 4. The summed E-state index contributed by atoms with van der Waals surface area (Å²) in [7, 11) is 1.80. The van der Waals surface area contributed by atoms with Crippen LogP contribution in [-0.4, -0.2) is 45.3 Å². The van der Waals surface area contributed by atoms with Crippen LogP contribution in [0.2, 0.25) is 0 Å². The highest BCUT2D eigenvalue weighted by molar-refractivity contribution is 14.0. The Kier molecular flexibility index (Phi) is 9.96. The van der Waals surface area contributed by atoms with Crippen LogP contribution in [0.5, 0.6) is 0 Å². The third-order valence-corrected chi connectivity index (χ3v) is 3.57. The SMILES string of the molecule is CCNC(=NCc1ncnn1C)NCCCNc1ccc(C(F)(F)F)cn1.I. The van der Waals surface area contributed by atoms with Gasteiger partial charge in [0.25, 0.3) is 0 Å². The number of alkyl halides is 3. The highest BCUT2D eigenvalue weighted by Crippen LogP contribution is 2.28. The maximum atomic E-state index is 12.5. The molecule has 0 aliphatic carbocycles. The van der Waals surface area contributed by atoms with E-state index in [0.717, 1.165) is 31.1 Å². The Bertz CT molecular complexity index is 730. The maximum absolute atomic E-state index is 12.5. The van der Waals surface area contributed by atoms with E-state index in [2.05, 4.69) is 36.0 Å². The first kappa shape index (κ1) is 23.9. The molecule has 28 heavy (non-hydrogen) atoms. The first-order valence-corrected chi connectivity index (χ1v) is 8.52. The zero-order valence-corrected chi connectivity index (χ0v) is 18.0. The predicted molar refractivity (Wildman–Crippen MR) is 112 cm³/mol. The minimum absolute atomic E-state index is 0. The van der Waals surface area contributed by atoms with Gasteiger partial charge in [-0.3, -0.25) is 4.68 Å². The highest BCUT2D eigenvalue weighted by Gasteiger charge is 2.30. The molecule has 12 heteroatoms. The molecule has 0 atom stereocenters. The van der Waals surface area contributed by atoms with E-state index in [1.165, 1.54) is 12.4 Å². The summed E-state index contributed by atoms with van der Waals surface area (Å²) in [6.07, 6.45) is -1.34. The molecular weight excluding hydrogens is 488 g/mol.